The number of carbonyl (C=O) groups is 1. The van der Waals surface area contributed by atoms with Crippen LogP contribution in [0, 0.1) is 0 Å². The van der Waals surface area contributed by atoms with Crippen LogP contribution >= 0.6 is 23.2 Å². The van der Waals surface area contributed by atoms with Gasteiger partial charge in [0.15, 0.2) is 0 Å². The topological polar surface area (TPSA) is 35.6 Å². The molecule has 1 amide bonds. The zero-order valence-corrected chi connectivity index (χ0v) is 13.9. The van der Waals surface area contributed by atoms with Crippen LogP contribution in [0.4, 0.5) is 5.69 Å². The Bertz CT molecular complexity index is 502. The van der Waals surface area contributed by atoms with Crippen molar-refractivity contribution in [2.75, 3.05) is 38.0 Å². The van der Waals surface area contributed by atoms with Crippen LogP contribution in [0.15, 0.2) is 18.2 Å². The molecule has 1 fully saturated rings. The monoisotopic (exact) mass is 329 g/mol. The molecule has 0 aromatic heterocycles. The Hall–Kier alpha value is -0.810. The highest BCUT2D eigenvalue weighted by Crippen LogP contribution is 2.25. The van der Waals surface area contributed by atoms with Gasteiger partial charge < -0.3 is 10.2 Å². The molecule has 0 bridgehead atoms. The first-order valence-electron chi connectivity index (χ1n) is 7.23. The number of amides is 1. The summed E-state index contributed by atoms with van der Waals surface area (Å²) in [5, 5.41) is 3.91. The van der Waals surface area contributed by atoms with Gasteiger partial charge in [0.25, 0.3) is 0 Å². The molecular formula is C15H21Cl2N3O. The summed E-state index contributed by atoms with van der Waals surface area (Å²) >= 11 is 12.0. The average Bonchev–Trinajstić information content (AvgIpc) is 2.50. The van der Waals surface area contributed by atoms with Crippen LogP contribution in [0.25, 0.3) is 0 Å². The van der Waals surface area contributed by atoms with E-state index in [1.807, 2.05) is 6.92 Å². The van der Waals surface area contributed by atoms with Crippen LogP contribution in [0.3, 0.4) is 0 Å². The number of benzene rings is 1. The van der Waals surface area contributed by atoms with Gasteiger partial charge in [0.2, 0.25) is 5.91 Å². The van der Waals surface area contributed by atoms with E-state index in [0.29, 0.717) is 15.7 Å². The standard InChI is InChI=1S/C15H21Cl2N3O/c1-3-19-6-8-20(9-7-19)11(2)15(21)18-14-10-12(16)4-5-13(14)17/h4-5,10-11H,3,6-9H2,1-2H3,(H,18,21). The molecule has 116 valence electrons. The van der Waals surface area contributed by atoms with E-state index in [1.165, 1.54) is 0 Å². The fraction of sp³-hybridized carbons (Fsp3) is 0.533. The smallest absolute Gasteiger partial charge is 0.241 e. The molecule has 21 heavy (non-hydrogen) atoms. The molecule has 0 radical (unpaired) electrons. The van der Waals surface area contributed by atoms with E-state index in [4.69, 9.17) is 23.2 Å². The summed E-state index contributed by atoms with van der Waals surface area (Å²) < 4.78 is 0. The van der Waals surface area contributed by atoms with Gasteiger partial charge in [0.05, 0.1) is 16.8 Å². The molecule has 0 saturated carbocycles. The number of hydrogen-bond acceptors (Lipinski definition) is 3. The summed E-state index contributed by atoms with van der Waals surface area (Å²) in [4.78, 5) is 16.9. The normalized spacial score (nSPS) is 18.5. The SMILES string of the molecule is CCN1CCN(C(C)C(=O)Nc2cc(Cl)ccc2Cl)CC1. The molecule has 4 nitrogen and oxygen atoms in total. The first kappa shape index (κ1) is 16.6. The van der Waals surface area contributed by atoms with Crippen molar-refractivity contribution in [3.63, 3.8) is 0 Å². The van der Waals surface area contributed by atoms with Crippen LogP contribution < -0.4 is 5.32 Å². The van der Waals surface area contributed by atoms with Crippen molar-refractivity contribution in [2.45, 2.75) is 19.9 Å². The van der Waals surface area contributed by atoms with Gasteiger partial charge in [0.1, 0.15) is 0 Å². The lowest BCUT2D eigenvalue weighted by Gasteiger charge is -2.36. The van der Waals surface area contributed by atoms with Crippen molar-refractivity contribution in [1.29, 1.82) is 0 Å². The number of hydrogen-bond donors (Lipinski definition) is 1. The Morgan fingerprint density at radius 3 is 2.57 bits per heavy atom. The van der Waals surface area contributed by atoms with Crippen molar-refractivity contribution in [1.82, 2.24) is 9.80 Å². The molecule has 1 aromatic rings. The van der Waals surface area contributed by atoms with Gasteiger partial charge >= 0.3 is 0 Å². The number of rotatable bonds is 4. The summed E-state index contributed by atoms with van der Waals surface area (Å²) in [7, 11) is 0. The predicted molar refractivity (Wildman–Crippen MR) is 88.2 cm³/mol. The number of halogens is 2. The van der Waals surface area contributed by atoms with E-state index in [-0.39, 0.29) is 11.9 Å². The van der Waals surface area contributed by atoms with Crippen LogP contribution in [-0.4, -0.2) is 54.5 Å². The summed E-state index contributed by atoms with van der Waals surface area (Å²) in [5.74, 6) is -0.0517. The van der Waals surface area contributed by atoms with E-state index < -0.39 is 0 Å². The highest BCUT2D eigenvalue weighted by atomic mass is 35.5. The van der Waals surface area contributed by atoms with Crippen LogP contribution in [0.5, 0.6) is 0 Å². The summed E-state index contributed by atoms with van der Waals surface area (Å²) in [6, 6.07) is 4.87. The van der Waals surface area contributed by atoms with E-state index in [0.717, 1.165) is 32.7 Å². The lowest BCUT2D eigenvalue weighted by atomic mass is 10.2. The lowest BCUT2D eigenvalue weighted by molar-refractivity contribution is -0.121. The minimum atomic E-state index is -0.181. The maximum absolute atomic E-state index is 12.4. The molecule has 1 aromatic carbocycles. The minimum Gasteiger partial charge on any atom is -0.323 e. The van der Waals surface area contributed by atoms with E-state index in [2.05, 4.69) is 22.0 Å². The number of likely N-dealkylation sites (N-methyl/N-ethyl adjacent to an activating group) is 1. The molecule has 1 aliphatic heterocycles. The highest BCUT2D eigenvalue weighted by Gasteiger charge is 2.25. The average molecular weight is 330 g/mol. The molecule has 1 saturated heterocycles. The third-order valence-corrected chi connectivity index (χ3v) is 4.53. The highest BCUT2D eigenvalue weighted by molar-refractivity contribution is 6.35. The number of nitrogens with one attached hydrogen (secondary N) is 1. The van der Waals surface area contributed by atoms with E-state index >= 15 is 0 Å². The molecule has 1 unspecified atom stereocenters. The Morgan fingerprint density at radius 2 is 1.95 bits per heavy atom. The number of anilines is 1. The van der Waals surface area contributed by atoms with Gasteiger partial charge in [-0.3, -0.25) is 9.69 Å². The Labute approximate surface area is 136 Å². The largest absolute Gasteiger partial charge is 0.323 e. The number of nitrogens with zero attached hydrogens (tertiary/aromatic N) is 2. The molecule has 1 N–H and O–H groups in total. The van der Waals surface area contributed by atoms with Crippen molar-refractivity contribution < 1.29 is 4.79 Å². The van der Waals surface area contributed by atoms with Crippen molar-refractivity contribution >= 4 is 34.8 Å². The quantitative estimate of drug-likeness (QED) is 0.922. The van der Waals surface area contributed by atoms with Gasteiger partial charge in [-0.05, 0) is 31.7 Å². The lowest BCUT2D eigenvalue weighted by Crippen LogP contribution is -2.52. The van der Waals surface area contributed by atoms with E-state index in [9.17, 15) is 4.79 Å². The Balaban J connectivity index is 1.95. The molecule has 1 aliphatic rings. The van der Waals surface area contributed by atoms with E-state index in [1.54, 1.807) is 18.2 Å². The zero-order valence-electron chi connectivity index (χ0n) is 12.4. The summed E-state index contributed by atoms with van der Waals surface area (Å²) in [6.45, 7) is 8.98. The third kappa shape index (κ3) is 4.33. The number of carbonyl (C=O) groups excluding carboxylic acids is 1. The van der Waals surface area contributed by atoms with Crippen LogP contribution in [0.2, 0.25) is 10.0 Å². The van der Waals surface area contributed by atoms with Crippen molar-refractivity contribution in [3.8, 4) is 0 Å². The summed E-state index contributed by atoms with van der Waals surface area (Å²) in [5.41, 5.74) is 0.563. The molecule has 0 spiro atoms. The predicted octanol–water partition coefficient (Wildman–Crippen LogP) is 2.96. The second kappa shape index (κ2) is 7.45. The maximum Gasteiger partial charge on any atom is 0.241 e. The molecule has 2 rings (SSSR count). The van der Waals surface area contributed by atoms with Gasteiger partial charge in [-0.15, -0.1) is 0 Å². The second-order valence-corrected chi connectivity index (χ2v) is 6.10. The van der Waals surface area contributed by atoms with Gasteiger partial charge in [-0.25, -0.2) is 0 Å². The van der Waals surface area contributed by atoms with Gasteiger partial charge in [-0.1, -0.05) is 30.1 Å². The van der Waals surface area contributed by atoms with Gasteiger partial charge in [-0.2, -0.15) is 0 Å². The Kier molecular flexibility index (Phi) is 5.88. The minimum absolute atomic E-state index is 0.0517. The fourth-order valence-electron chi connectivity index (χ4n) is 2.46. The van der Waals surface area contributed by atoms with Gasteiger partial charge in [0, 0.05) is 31.2 Å². The Morgan fingerprint density at radius 1 is 1.29 bits per heavy atom. The molecule has 1 heterocycles. The second-order valence-electron chi connectivity index (χ2n) is 5.26. The zero-order chi connectivity index (χ0) is 15.4. The molecular weight excluding hydrogens is 309 g/mol. The first-order valence-corrected chi connectivity index (χ1v) is 7.99. The van der Waals surface area contributed by atoms with Crippen molar-refractivity contribution in [2.24, 2.45) is 0 Å². The van der Waals surface area contributed by atoms with Crippen molar-refractivity contribution in [3.05, 3.63) is 28.2 Å². The summed E-state index contributed by atoms with van der Waals surface area (Å²) in [6.07, 6.45) is 0. The number of piperazine rings is 1. The molecule has 0 aliphatic carbocycles. The molecule has 1 atom stereocenters. The maximum atomic E-state index is 12.4. The third-order valence-electron chi connectivity index (χ3n) is 3.97. The molecule has 6 heteroatoms. The van der Waals surface area contributed by atoms with Crippen LogP contribution in [0.1, 0.15) is 13.8 Å². The fourth-order valence-corrected chi connectivity index (χ4v) is 2.80. The first-order chi connectivity index (χ1) is 10.0. The van der Waals surface area contributed by atoms with Crippen LogP contribution in [-0.2, 0) is 4.79 Å².